The summed E-state index contributed by atoms with van der Waals surface area (Å²) in [6, 6.07) is 10.4. The van der Waals surface area contributed by atoms with Crippen LogP contribution >= 0.6 is 0 Å². The highest BCUT2D eigenvalue weighted by atomic mass is 16.5. The first kappa shape index (κ1) is 13.0. The Morgan fingerprint density at radius 2 is 1.95 bits per heavy atom. The molecule has 3 rings (SSSR count). The molecule has 104 valence electrons. The zero-order valence-electron chi connectivity index (χ0n) is 11.2. The van der Waals surface area contributed by atoms with Gasteiger partial charge >= 0.3 is 5.97 Å². The van der Waals surface area contributed by atoms with Gasteiger partial charge in [-0.2, -0.15) is 4.98 Å². The van der Waals surface area contributed by atoms with Crippen molar-refractivity contribution >= 4 is 5.97 Å². The molecule has 0 spiro atoms. The predicted octanol–water partition coefficient (Wildman–Crippen LogP) is 2.59. The first-order chi connectivity index (χ1) is 10.3. The normalized spacial score (nSPS) is 10.3. The Labute approximate surface area is 120 Å². The van der Waals surface area contributed by atoms with Gasteiger partial charge in [-0.1, -0.05) is 17.3 Å². The largest absolute Gasteiger partial charge is 0.465 e. The summed E-state index contributed by atoms with van der Waals surface area (Å²) in [5.74, 6) is 0.464. The van der Waals surface area contributed by atoms with E-state index >= 15 is 0 Å². The van der Waals surface area contributed by atoms with E-state index in [1.165, 1.54) is 7.11 Å². The van der Waals surface area contributed by atoms with E-state index < -0.39 is 0 Å². The molecular formula is C15H11N3O3. The molecule has 0 saturated carbocycles. The Morgan fingerprint density at radius 3 is 2.62 bits per heavy atom. The number of benzene rings is 1. The number of carbonyl (C=O) groups is 1. The summed E-state index contributed by atoms with van der Waals surface area (Å²) in [4.78, 5) is 19.7. The highest BCUT2D eigenvalue weighted by Crippen LogP contribution is 2.21. The van der Waals surface area contributed by atoms with Crippen LogP contribution in [-0.4, -0.2) is 28.2 Å². The summed E-state index contributed by atoms with van der Waals surface area (Å²) >= 11 is 0. The maximum atomic E-state index is 11.4. The fourth-order valence-corrected chi connectivity index (χ4v) is 1.82. The number of esters is 1. The van der Waals surface area contributed by atoms with E-state index in [-0.39, 0.29) is 5.97 Å². The SMILES string of the molecule is COC(=O)c1ccc(-c2noc(-c3cccnc3)n2)cc1. The summed E-state index contributed by atoms with van der Waals surface area (Å²) in [6.45, 7) is 0. The lowest BCUT2D eigenvalue weighted by molar-refractivity contribution is 0.0601. The molecule has 2 aromatic heterocycles. The Morgan fingerprint density at radius 1 is 1.14 bits per heavy atom. The Hall–Kier alpha value is -3.02. The number of pyridine rings is 1. The van der Waals surface area contributed by atoms with Crippen molar-refractivity contribution in [1.82, 2.24) is 15.1 Å². The molecule has 0 aliphatic heterocycles. The zero-order valence-corrected chi connectivity index (χ0v) is 11.2. The molecular weight excluding hydrogens is 270 g/mol. The van der Waals surface area contributed by atoms with E-state index in [2.05, 4.69) is 19.9 Å². The van der Waals surface area contributed by atoms with Crippen LogP contribution in [0.3, 0.4) is 0 Å². The second-order valence-corrected chi connectivity index (χ2v) is 4.23. The third-order valence-electron chi connectivity index (χ3n) is 2.90. The average Bonchev–Trinajstić information content (AvgIpc) is 3.05. The molecule has 0 saturated heterocycles. The minimum Gasteiger partial charge on any atom is -0.465 e. The summed E-state index contributed by atoms with van der Waals surface area (Å²) in [5.41, 5.74) is 1.97. The Kier molecular flexibility index (Phi) is 3.42. The van der Waals surface area contributed by atoms with Gasteiger partial charge in [-0.15, -0.1) is 0 Å². The fraction of sp³-hybridized carbons (Fsp3) is 0.0667. The average molecular weight is 281 g/mol. The summed E-state index contributed by atoms with van der Waals surface area (Å²) in [5, 5.41) is 3.93. The smallest absolute Gasteiger partial charge is 0.337 e. The van der Waals surface area contributed by atoms with Crippen LogP contribution in [-0.2, 0) is 4.74 Å². The molecule has 3 aromatic rings. The van der Waals surface area contributed by atoms with Gasteiger partial charge in [0.25, 0.3) is 5.89 Å². The molecule has 0 aliphatic rings. The molecule has 0 unspecified atom stereocenters. The van der Waals surface area contributed by atoms with E-state index in [9.17, 15) is 4.79 Å². The number of ether oxygens (including phenoxy) is 1. The highest BCUT2D eigenvalue weighted by molar-refractivity contribution is 5.89. The quantitative estimate of drug-likeness (QED) is 0.687. The number of methoxy groups -OCH3 is 1. The number of nitrogens with zero attached hydrogens (tertiary/aromatic N) is 3. The predicted molar refractivity (Wildman–Crippen MR) is 74.3 cm³/mol. The second kappa shape index (κ2) is 5.54. The topological polar surface area (TPSA) is 78.1 Å². The van der Waals surface area contributed by atoms with Crippen molar-refractivity contribution in [2.75, 3.05) is 7.11 Å². The number of carbonyl (C=O) groups excluding carboxylic acids is 1. The third-order valence-corrected chi connectivity index (χ3v) is 2.90. The Balaban J connectivity index is 1.88. The van der Waals surface area contributed by atoms with Crippen molar-refractivity contribution < 1.29 is 14.1 Å². The minimum atomic E-state index is -0.384. The van der Waals surface area contributed by atoms with Crippen molar-refractivity contribution in [3.8, 4) is 22.8 Å². The van der Waals surface area contributed by atoms with Crippen LogP contribution in [0.5, 0.6) is 0 Å². The summed E-state index contributed by atoms with van der Waals surface area (Å²) < 4.78 is 9.86. The lowest BCUT2D eigenvalue weighted by Crippen LogP contribution is -2.00. The van der Waals surface area contributed by atoms with Crippen LogP contribution in [0.15, 0.2) is 53.3 Å². The monoisotopic (exact) mass is 281 g/mol. The van der Waals surface area contributed by atoms with Gasteiger partial charge in [0.05, 0.1) is 18.2 Å². The molecule has 6 heteroatoms. The lowest BCUT2D eigenvalue weighted by atomic mass is 10.1. The fourth-order valence-electron chi connectivity index (χ4n) is 1.82. The molecule has 6 nitrogen and oxygen atoms in total. The van der Waals surface area contributed by atoms with Crippen molar-refractivity contribution in [3.63, 3.8) is 0 Å². The van der Waals surface area contributed by atoms with Crippen LogP contribution in [0.2, 0.25) is 0 Å². The van der Waals surface area contributed by atoms with E-state index in [4.69, 9.17) is 4.52 Å². The van der Waals surface area contributed by atoms with E-state index in [1.54, 1.807) is 42.7 Å². The van der Waals surface area contributed by atoms with Crippen molar-refractivity contribution in [1.29, 1.82) is 0 Å². The second-order valence-electron chi connectivity index (χ2n) is 4.23. The van der Waals surface area contributed by atoms with E-state index in [0.717, 1.165) is 11.1 Å². The Bertz CT molecular complexity index is 751. The molecule has 0 fully saturated rings. The lowest BCUT2D eigenvalue weighted by Gasteiger charge is -1.99. The van der Waals surface area contributed by atoms with Crippen LogP contribution < -0.4 is 0 Å². The van der Waals surface area contributed by atoms with Crippen LogP contribution in [0.4, 0.5) is 0 Å². The molecule has 21 heavy (non-hydrogen) atoms. The van der Waals surface area contributed by atoms with Gasteiger partial charge in [-0.05, 0) is 24.3 Å². The number of hydrogen-bond acceptors (Lipinski definition) is 6. The summed E-state index contributed by atoms with van der Waals surface area (Å²) in [7, 11) is 1.34. The number of hydrogen-bond donors (Lipinski definition) is 0. The number of aromatic nitrogens is 3. The molecule has 2 heterocycles. The van der Waals surface area contributed by atoms with Gasteiger partial charge in [0.15, 0.2) is 0 Å². The van der Waals surface area contributed by atoms with Crippen LogP contribution in [0.1, 0.15) is 10.4 Å². The maximum absolute atomic E-state index is 11.4. The molecule has 0 N–H and O–H groups in total. The first-order valence-electron chi connectivity index (χ1n) is 6.21. The van der Waals surface area contributed by atoms with Gasteiger partial charge < -0.3 is 9.26 Å². The van der Waals surface area contributed by atoms with Crippen molar-refractivity contribution in [2.45, 2.75) is 0 Å². The molecule has 0 atom stereocenters. The number of rotatable bonds is 3. The van der Waals surface area contributed by atoms with Gasteiger partial charge in [-0.3, -0.25) is 4.98 Å². The zero-order chi connectivity index (χ0) is 14.7. The third kappa shape index (κ3) is 2.64. The van der Waals surface area contributed by atoms with Gasteiger partial charge in [0, 0.05) is 18.0 Å². The molecule has 0 radical (unpaired) electrons. The van der Waals surface area contributed by atoms with Crippen molar-refractivity contribution in [3.05, 3.63) is 54.4 Å². The van der Waals surface area contributed by atoms with Gasteiger partial charge in [0.2, 0.25) is 5.82 Å². The molecule has 0 bridgehead atoms. The first-order valence-corrected chi connectivity index (χ1v) is 6.21. The van der Waals surface area contributed by atoms with Crippen LogP contribution in [0, 0.1) is 0 Å². The van der Waals surface area contributed by atoms with Crippen molar-refractivity contribution in [2.24, 2.45) is 0 Å². The minimum absolute atomic E-state index is 0.384. The van der Waals surface area contributed by atoms with E-state index in [0.29, 0.717) is 17.3 Å². The molecule has 0 amide bonds. The molecule has 1 aromatic carbocycles. The maximum Gasteiger partial charge on any atom is 0.337 e. The van der Waals surface area contributed by atoms with Crippen LogP contribution in [0.25, 0.3) is 22.8 Å². The standard InChI is InChI=1S/C15H11N3O3/c1-20-15(19)11-6-4-10(5-7-11)13-17-14(21-18-13)12-3-2-8-16-9-12/h2-9H,1H3. The van der Waals surface area contributed by atoms with Gasteiger partial charge in [-0.25, -0.2) is 4.79 Å². The van der Waals surface area contributed by atoms with E-state index in [1.807, 2.05) is 6.07 Å². The summed E-state index contributed by atoms with van der Waals surface area (Å²) in [6.07, 6.45) is 3.32. The highest BCUT2D eigenvalue weighted by Gasteiger charge is 2.11. The van der Waals surface area contributed by atoms with Gasteiger partial charge in [0.1, 0.15) is 0 Å². The molecule has 0 aliphatic carbocycles.